The number of ether oxygens (including phenoxy) is 1. The van der Waals surface area contributed by atoms with E-state index in [2.05, 4.69) is 18.8 Å². The minimum absolute atomic E-state index is 0.250. The summed E-state index contributed by atoms with van der Waals surface area (Å²) in [6, 6.07) is 3.19. The third-order valence-electron chi connectivity index (χ3n) is 3.12. The predicted octanol–water partition coefficient (Wildman–Crippen LogP) is 3.42. The third kappa shape index (κ3) is 3.60. The van der Waals surface area contributed by atoms with E-state index in [9.17, 15) is 4.39 Å². The molecule has 1 aromatic heterocycles. The van der Waals surface area contributed by atoms with Crippen LogP contribution in [0.3, 0.4) is 0 Å². The first-order chi connectivity index (χ1) is 9.49. The van der Waals surface area contributed by atoms with Gasteiger partial charge in [-0.3, -0.25) is 0 Å². The molecule has 2 N–H and O–H groups in total. The number of benzene rings is 1. The first-order valence-electron chi connectivity index (χ1n) is 6.67. The van der Waals surface area contributed by atoms with E-state index >= 15 is 0 Å². The molecule has 2 aromatic rings. The number of anilines is 1. The molecule has 0 saturated heterocycles. The molecule has 0 spiro atoms. The summed E-state index contributed by atoms with van der Waals surface area (Å²) in [7, 11) is 0. The molecule has 0 aliphatic carbocycles. The average molecular weight is 391 g/mol. The Bertz CT molecular complexity index is 598. The first kappa shape index (κ1) is 15.5. The van der Waals surface area contributed by atoms with E-state index in [4.69, 9.17) is 10.5 Å². The Morgan fingerprint density at radius 2 is 2.15 bits per heavy atom. The standard InChI is InChI=1S/C14H19FIN3O/c1-9(2)3-5-20-6-4-19-13-7-10(15)11(16)8-12(13)18-14(19)17/h7-9H,3-6H2,1-2H3,(H2,17,18). The molecule has 0 unspecified atom stereocenters. The fraction of sp³-hybridized carbons (Fsp3) is 0.500. The van der Waals surface area contributed by atoms with Crippen molar-refractivity contribution in [1.29, 1.82) is 0 Å². The van der Waals surface area contributed by atoms with Crippen LogP contribution in [0.4, 0.5) is 10.3 Å². The van der Waals surface area contributed by atoms with Gasteiger partial charge in [0.1, 0.15) is 5.82 Å². The van der Waals surface area contributed by atoms with Crippen molar-refractivity contribution in [3.63, 3.8) is 0 Å². The minimum atomic E-state index is -0.250. The van der Waals surface area contributed by atoms with E-state index in [0.29, 0.717) is 34.1 Å². The fourth-order valence-corrected chi connectivity index (χ4v) is 2.40. The van der Waals surface area contributed by atoms with E-state index in [1.54, 1.807) is 10.6 Å². The van der Waals surface area contributed by atoms with Crippen LogP contribution in [-0.4, -0.2) is 22.8 Å². The van der Waals surface area contributed by atoms with Gasteiger partial charge in [-0.1, -0.05) is 13.8 Å². The van der Waals surface area contributed by atoms with Gasteiger partial charge in [-0.25, -0.2) is 9.37 Å². The van der Waals surface area contributed by atoms with E-state index in [1.807, 2.05) is 22.6 Å². The maximum Gasteiger partial charge on any atom is 0.201 e. The van der Waals surface area contributed by atoms with Gasteiger partial charge < -0.3 is 15.0 Å². The number of hydrogen-bond donors (Lipinski definition) is 1. The van der Waals surface area contributed by atoms with Crippen molar-refractivity contribution >= 4 is 39.6 Å². The van der Waals surface area contributed by atoms with Crippen LogP contribution in [-0.2, 0) is 11.3 Å². The summed E-state index contributed by atoms with van der Waals surface area (Å²) in [4.78, 5) is 4.26. The van der Waals surface area contributed by atoms with Gasteiger partial charge in [-0.15, -0.1) is 0 Å². The van der Waals surface area contributed by atoms with Crippen molar-refractivity contribution in [1.82, 2.24) is 9.55 Å². The molecule has 0 radical (unpaired) electrons. The monoisotopic (exact) mass is 391 g/mol. The van der Waals surface area contributed by atoms with Gasteiger partial charge in [-0.2, -0.15) is 0 Å². The lowest BCUT2D eigenvalue weighted by Crippen LogP contribution is -2.10. The molecule has 0 amide bonds. The Balaban J connectivity index is 2.06. The summed E-state index contributed by atoms with van der Waals surface area (Å²) in [6.07, 6.45) is 1.03. The summed E-state index contributed by atoms with van der Waals surface area (Å²) >= 11 is 1.95. The summed E-state index contributed by atoms with van der Waals surface area (Å²) in [6.45, 7) is 6.19. The zero-order chi connectivity index (χ0) is 14.7. The quantitative estimate of drug-likeness (QED) is 0.607. The molecular weight excluding hydrogens is 372 g/mol. The molecule has 20 heavy (non-hydrogen) atoms. The Hall–Kier alpha value is -0.890. The molecule has 110 valence electrons. The number of halogens is 2. The molecule has 0 aliphatic rings. The van der Waals surface area contributed by atoms with E-state index in [1.165, 1.54) is 6.07 Å². The molecule has 0 saturated carbocycles. The zero-order valence-corrected chi connectivity index (χ0v) is 13.9. The van der Waals surface area contributed by atoms with Crippen molar-refractivity contribution in [3.8, 4) is 0 Å². The van der Waals surface area contributed by atoms with Gasteiger partial charge in [0.25, 0.3) is 0 Å². The Kier molecular flexibility index (Phi) is 5.20. The van der Waals surface area contributed by atoms with Gasteiger partial charge in [0, 0.05) is 19.2 Å². The molecule has 4 nitrogen and oxygen atoms in total. The minimum Gasteiger partial charge on any atom is -0.380 e. The lowest BCUT2D eigenvalue weighted by molar-refractivity contribution is 0.117. The number of nitrogens with zero attached hydrogens (tertiary/aromatic N) is 2. The van der Waals surface area contributed by atoms with Crippen LogP contribution in [0.25, 0.3) is 11.0 Å². The second kappa shape index (κ2) is 6.71. The highest BCUT2D eigenvalue weighted by Gasteiger charge is 2.11. The normalized spacial score (nSPS) is 11.7. The Morgan fingerprint density at radius 1 is 1.40 bits per heavy atom. The molecule has 0 aliphatic heterocycles. The van der Waals surface area contributed by atoms with Crippen LogP contribution in [0, 0.1) is 15.3 Å². The van der Waals surface area contributed by atoms with Crippen LogP contribution >= 0.6 is 22.6 Å². The molecule has 0 bridgehead atoms. The summed E-state index contributed by atoms with van der Waals surface area (Å²) in [5.41, 5.74) is 7.32. The number of rotatable bonds is 6. The third-order valence-corrected chi connectivity index (χ3v) is 3.95. The van der Waals surface area contributed by atoms with Gasteiger partial charge in [0.15, 0.2) is 0 Å². The predicted molar refractivity (Wildman–Crippen MR) is 87.1 cm³/mol. The SMILES string of the molecule is CC(C)CCOCCn1c(N)nc2cc(I)c(F)cc21. The second-order valence-electron chi connectivity index (χ2n) is 5.17. The zero-order valence-electron chi connectivity index (χ0n) is 11.7. The van der Waals surface area contributed by atoms with Crippen LogP contribution in [0.15, 0.2) is 12.1 Å². The Morgan fingerprint density at radius 3 is 2.85 bits per heavy atom. The molecule has 0 fully saturated rings. The number of aromatic nitrogens is 2. The van der Waals surface area contributed by atoms with Crippen LogP contribution < -0.4 is 5.73 Å². The number of nitrogens with two attached hydrogens (primary N) is 1. The first-order valence-corrected chi connectivity index (χ1v) is 7.75. The van der Waals surface area contributed by atoms with Crippen molar-refractivity contribution in [3.05, 3.63) is 21.5 Å². The highest BCUT2D eigenvalue weighted by molar-refractivity contribution is 14.1. The summed E-state index contributed by atoms with van der Waals surface area (Å²) in [5, 5.41) is 0. The smallest absolute Gasteiger partial charge is 0.201 e. The summed E-state index contributed by atoms with van der Waals surface area (Å²) < 4.78 is 21.6. The van der Waals surface area contributed by atoms with Gasteiger partial charge in [0.05, 0.1) is 21.2 Å². The number of fused-ring (bicyclic) bond motifs is 1. The van der Waals surface area contributed by atoms with Gasteiger partial charge >= 0.3 is 0 Å². The molecule has 6 heteroatoms. The molecule has 1 heterocycles. The van der Waals surface area contributed by atoms with Crippen molar-refractivity contribution in [2.75, 3.05) is 18.9 Å². The second-order valence-corrected chi connectivity index (χ2v) is 6.33. The molecule has 0 atom stereocenters. The van der Waals surface area contributed by atoms with E-state index in [0.717, 1.165) is 18.5 Å². The number of imidazole rings is 1. The summed E-state index contributed by atoms with van der Waals surface area (Å²) in [5.74, 6) is 0.777. The molecule has 2 rings (SSSR count). The van der Waals surface area contributed by atoms with Crippen LogP contribution in [0.2, 0.25) is 0 Å². The van der Waals surface area contributed by atoms with E-state index in [-0.39, 0.29) is 5.82 Å². The van der Waals surface area contributed by atoms with Crippen LogP contribution in [0.1, 0.15) is 20.3 Å². The maximum absolute atomic E-state index is 13.6. The highest BCUT2D eigenvalue weighted by Crippen LogP contribution is 2.22. The lowest BCUT2D eigenvalue weighted by Gasteiger charge is -2.09. The van der Waals surface area contributed by atoms with Gasteiger partial charge in [0.2, 0.25) is 5.95 Å². The Labute approximate surface area is 131 Å². The topological polar surface area (TPSA) is 53.1 Å². The maximum atomic E-state index is 13.6. The van der Waals surface area contributed by atoms with Gasteiger partial charge in [-0.05, 0) is 41.0 Å². The molecule has 1 aromatic carbocycles. The van der Waals surface area contributed by atoms with Crippen molar-refractivity contribution < 1.29 is 9.13 Å². The van der Waals surface area contributed by atoms with Crippen molar-refractivity contribution in [2.45, 2.75) is 26.8 Å². The average Bonchev–Trinajstić information content (AvgIpc) is 2.65. The van der Waals surface area contributed by atoms with Crippen molar-refractivity contribution in [2.24, 2.45) is 5.92 Å². The fourth-order valence-electron chi connectivity index (χ4n) is 1.95. The largest absolute Gasteiger partial charge is 0.380 e. The van der Waals surface area contributed by atoms with E-state index < -0.39 is 0 Å². The highest BCUT2D eigenvalue weighted by atomic mass is 127. The lowest BCUT2D eigenvalue weighted by atomic mass is 10.1. The molecular formula is C14H19FIN3O. The number of hydrogen-bond acceptors (Lipinski definition) is 3. The van der Waals surface area contributed by atoms with Crippen LogP contribution in [0.5, 0.6) is 0 Å². The number of nitrogen functional groups attached to an aromatic ring is 1.